The molecule has 0 bridgehead atoms. The van der Waals surface area contributed by atoms with Gasteiger partial charge < -0.3 is 15.3 Å². The Morgan fingerprint density at radius 2 is 1.96 bits per heavy atom. The summed E-state index contributed by atoms with van der Waals surface area (Å²) in [4.78, 5) is 14.5. The number of benzene rings is 1. The molecule has 2 aliphatic rings. The Hall–Kier alpha value is -1.55. The number of nitrogens with zero attached hydrogens (tertiary/aromatic N) is 1. The number of aliphatic hydroxyl groups is 1. The summed E-state index contributed by atoms with van der Waals surface area (Å²) in [5.74, 6) is 0.133. The van der Waals surface area contributed by atoms with Gasteiger partial charge in [0, 0.05) is 24.8 Å². The molecule has 2 fully saturated rings. The van der Waals surface area contributed by atoms with E-state index in [1.54, 1.807) is 0 Å². The third-order valence-corrected chi connectivity index (χ3v) is 5.50. The first-order valence-electron chi connectivity index (χ1n) is 9.37. The van der Waals surface area contributed by atoms with Crippen molar-refractivity contribution in [1.29, 1.82) is 0 Å². The van der Waals surface area contributed by atoms with Crippen LogP contribution in [0.2, 0.25) is 0 Å². The topological polar surface area (TPSA) is 52.6 Å². The van der Waals surface area contributed by atoms with Gasteiger partial charge in [-0.3, -0.25) is 4.79 Å². The highest BCUT2D eigenvalue weighted by Gasteiger charge is 2.34. The molecule has 0 unspecified atom stereocenters. The lowest BCUT2D eigenvalue weighted by Gasteiger charge is -2.37. The largest absolute Gasteiger partial charge is 0.389 e. The Kier molecular flexibility index (Phi) is 5.44. The van der Waals surface area contributed by atoms with Crippen molar-refractivity contribution in [3.63, 3.8) is 0 Å². The van der Waals surface area contributed by atoms with E-state index in [0.717, 1.165) is 57.3 Å². The zero-order valence-corrected chi connectivity index (χ0v) is 14.8. The molecule has 1 heterocycles. The average molecular weight is 330 g/mol. The van der Waals surface area contributed by atoms with Gasteiger partial charge in [-0.05, 0) is 50.3 Å². The number of likely N-dealkylation sites (tertiary alicyclic amines) is 1. The third kappa shape index (κ3) is 4.50. The van der Waals surface area contributed by atoms with Gasteiger partial charge in [0.25, 0.3) is 0 Å². The second-order valence-electron chi connectivity index (χ2n) is 7.63. The van der Waals surface area contributed by atoms with Crippen molar-refractivity contribution in [3.8, 4) is 0 Å². The molecule has 24 heavy (non-hydrogen) atoms. The quantitative estimate of drug-likeness (QED) is 0.888. The minimum absolute atomic E-state index is 0.133. The highest BCUT2D eigenvalue weighted by molar-refractivity contribution is 5.77. The fourth-order valence-electron chi connectivity index (χ4n) is 4.02. The normalized spacial score (nSPS) is 21.5. The van der Waals surface area contributed by atoms with Gasteiger partial charge in [-0.25, -0.2) is 0 Å². The molecule has 0 atom stereocenters. The minimum atomic E-state index is -0.744. The predicted octanol–water partition coefficient (Wildman–Crippen LogP) is 3.48. The SMILES string of the molecule is Cc1cccc(NC2CCN(C(=O)CC3(O)CCCCC3)CC2)c1. The zero-order chi connectivity index (χ0) is 17.0. The standard InChI is InChI=1S/C20H30N2O2/c1-16-6-5-7-18(14-16)21-17-8-12-22(13-9-17)19(23)15-20(24)10-3-2-4-11-20/h5-7,14,17,21,24H,2-4,8-13,15H2,1H3. The summed E-state index contributed by atoms with van der Waals surface area (Å²) in [6.45, 7) is 3.68. The lowest BCUT2D eigenvalue weighted by molar-refractivity contribution is -0.138. The van der Waals surface area contributed by atoms with E-state index in [1.165, 1.54) is 12.0 Å². The molecule has 1 aromatic rings. The van der Waals surface area contributed by atoms with Crippen molar-refractivity contribution >= 4 is 11.6 Å². The second-order valence-corrected chi connectivity index (χ2v) is 7.63. The lowest BCUT2D eigenvalue weighted by Crippen LogP contribution is -2.45. The van der Waals surface area contributed by atoms with E-state index in [9.17, 15) is 9.90 Å². The molecule has 1 aliphatic heterocycles. The van der Waals surface area contributed by atoms with E-state index < -0.39 is 5.60 Å². The molecule has 0 radical (unpaired) electrons. The van der Waals surface area contributed by atoms with E-state index >= 15 is 0 Å². The van der Waals surface area contributed by atoms with Crippen molar-refractivity contribution < 1.29 is 9.90 Å². The van der Waals surface area contributed by atoms with Crippen LogP contribution in [0.15, 0.2) is 24.3 Å². The van der Waals surface area contributed by atoms with E-state index in [4.69, 9.17) is 0 Å². The fraction of sp³-hybridized carbons (Fsp3) is 0.650. The van der Waals surface area contributed by atoms with Crippen molar-refractivity contribution in [2.75, 3.05) is 18.4 Å². The van der Waals surface area contributed by atoms with Gasteiger partial charge >= 0.3 is 0 Å². The molecule has 1 saturated heterocycles. The Labute approximate surface area is 145 Å². The number of nitrogens with one attached hydrogen (secondary N) is 1. The number of anilines is 1. The van der Waals surface area contributed by atoms with Crippen LogP contribution in [0.5, 0.6) is 0 Å². The van der Waals surface area contributed by atoms with Crippen LogP contribution in [0.3, 0.4) is 0 Å². The molecule has 1 aliphatic carbocycles. The Bertz CT molecular complexity index is 559. The molecular weight excluding hydrogens is 300 g/mol. The summed E-state index contributed by atoms with van der Waals surface area (Å²) in [6, 6.07) is 8.86. The van der Waals surface area contributed by atoms with Crippen LogP contribution in [-0.2, 0) is 4.79 Å². The number of aryl methyl sites for hydroxylation is 1. The highest BCUT2D eigenvalue weighted by atomic mass is 16.3. The van der Waals surface area contributed by atoms with E-state index in [0.29, 0.717) is 12.5 Å². The van der Waals surface area contributed by atoms with Gasteiger partial charge in [0.05, 0.1) is 12.0 Å². The summed E-state index contributed by atoms with van der Waals surface area (Å²) >= 11 is 0. The smallest absolute Gasteiger partial charge is 0.225 e. The Morgan fingerprint density at radius 1 is 1.25 bits per heavy atom. The average Bonchev–Trinajstić information content (AvgIpc) is 2.56. The van der Waals surface area contributed by atoms with Crippen LogP contribution in [0.1, 0.15) is 56.9 Å². The molecular formula is C20H30N2O2. The molecule has 3 rings (SSSR count). The summed E-state index contributed by atoms with van der Waals surface area (Å²) < 4.78 is 0. The van der Waals surface area contributed by atoms with Crippen LogP contribution in [0.25, 0.3) is 0 Å². The summed E-state index contributed by atoms with van der Waals surface area (Å²) in [6.07, 6.45) is 7.10. The summed E-state index contributed by atoms with van der Waals surface area (Å²) in [5.41, 5.74) is 1.68. The molecule has 0 aromatic heterocycles. The van der Waals surface area contributed by atoms with Crippen LogP contribution >= 0.6 is 0 Å². The summed E-state index contributed by atoms with van der Waals surface area (Å²) in [5, 5.41) is 14.2. The van der Waals surface area contributed by atoms with E-state index in [1.807, 2.05) is 4.90 Å². The lowest BCUT2D eigenvalue weighted by atomic mass is 9.82. The number of carbonyl (C=O) groups is 1. The first-order chi connectivity index (χ1) is 11.5. The molecule has 1 saturated carbocycles. The number of piperidine rings is 1. The van der Waals surface area contributed by atoms with Crippen molar-refractivity contribution in [1.82, 2.24) is 4.90 Å². The first-order valence-corrected chi connectivity index (χ1v) is 9.37. The molecule has 2 N–H and O–H groups in total. The number of hydrogen-bond donors (Lipinski definition) is 2. The van der Waals surface area contributed by atoms with Crippen LogP contribution in [0.4, 0.5) is 5.69 Å². The number of rotatable bonds is 4. The second kappa shape index (κ2) is 7.56. The van der Waals surface area contributed by atoms with Gasteiger partial charge in [0.15, 0.2) is 0 Å². The number of amides is 1. The summed E-state index contributed by atoms with van der Waals surface area (Å²) in [7, 11) is 0. The van der Waals surface area contributed by atoms with Gasteiger partial charge in [0.1, 0.15) is 0 Å². The van der Waals surface area contributed by atoms with Crippen molar-refractivity contribution in [2.24, 2.45) is 0 Å². The molecule has 1 aromatic carbocycles. The van der Waals surface area contributed by atoms with Gasteiger partial charge in [0.2, 0.25) is 5.91 Å². The minimum Gasteiger partial charge on any atom is -0.389 e. The van der Waals surface area contributed by atoms with Crippen LogP contribution in [0, 0.1) is 6.92 Å². The Balaban J connectivity index is 1.47. The maximum absolute atomic E-state index is 12.5. The first kappa shape index (κ1) is 17.3. The Morgan fingerprint density at radius 3 is 2.62 bits per heavy atom. The van der Waals surface area contributed by atoms with Crippen LogP contribution in [-0.4, -0.2) is 40.6 Å². The molecule has 4 nitrogen and oxygen atoms in total. The van der Waals surface area contributed by atoms with Crippen molar-refractivity contribution in [2.45, 2.75) is 69.9 Å². The van der Waals surface area contributed by atoms with Gasteiger partial charge in [-0.2, -0.15) is 0 Å². The molecule has 4 heteroatoms. The predicted molar refractivity (Wildman–Crippen MR) is 97.1 cm³/mol. The molecule has 1 amide bonds. The maximum Gasteiger partial charge on any atom is 0.225 e. The zero-order valence-electron chi connectivity index (χ0n) is 14.8. The van der Waals surface area contributed by atoms with Gasteiger partial charge in [-0.15, -0.1) is 0 Å². The molecule has 0 spiro atoms. The number of carbonyl (C=O) groups excluding carboxylic acids is 1. The third-order valence-electron chi connectivity index (χ3n) is 5.50. The molecule has 132 valence electrons. The van der Waals surface area contributed by atoms with E-state index in [2.05, 4.69) is 36.5 Å². The van der Waals surface area contributed by atoms with E-state index in [-0.39, 0.29) is 5.91 Å². The highest BCUT2D eigenvalue weighted by Crippen LogP contribution is 2.31. The van der Waals surface area contributed by atoms with Crippen molar-refractivity contribution in [3.05, 3.63) is 29.8 Å². The maximum atomic E-state index is 12.5. The fourth-order valence-corrected chi connectivity index (χ4v) is 4.02. The van der Waals surface area contributed by atoms with Gasteiger partial charge in [-0.1, -0.05) is 31.4 Å². The monoisotopic (exact) mass is 330 g/mol. The number of hydrogen-bond acceptors (Lipinski definition) is 3. The van der Waals surface area contributed by atoms with Crippen LogP contribution < -0.4 is 5.32 Å².